The Labute approximate surface area is 349 Å². The highest BCUT2D eigenvalue weighted by Crippen LogP contribution is 2.63. The predicted molar refractivity (Wildman–Crippen MR) is 242 cm³/mol. The molecule has 2 saturated carbocycles. The van der Waals surface area contributed by atoms with Crippen molar-refractivity contribution < 1.29 is 21.3 Å². The molecule has 8 heteroatoms. The van der Waals surface area contributed by atoms with E-state index in [0.717, 1.165) is 44.1 Å². The van der Waals surface area contributed by atoms with Gasteiger partial charge in [-0.15, -0.1) is 0 Å². The Balaban J connectivity index is 0.000000177. The summed E-state index contributed by atoms with van der Waals surface area (Å²) in [5.41, 5.74) is 2.43. The van der Waals surface area contributed by atoms with Gasteiger partial charge in [-0.25, -0.2) is 0 Å². The zero-order valence-corrected chi connectivity index (χ0v) is 36.7. The molecule has 0 spiro atoms. The first kappa shape index (κ1) is 42.4. The number of rotatable bonds is 13. The third kappa shape index (κ3) is 10.2. The highest BCUT2D eigenvalue weighted by molar-refractivity contribution is 7.81. The maximum absolute atomic E-state index is 12.9. The molecule has 0 N–H and O–H groups in total. The second-order valence-electron chi connectivity index (χ2n) is 17.0. The lowest BCUT2D eigenvalue weighted by Gasteiger charge is -2.50. The molecular formula is C50H57FO4P2S. The summed E-state index contributed by atoms with van der Waals surface area (Å²) in [6, 6.07) is 49.4. The van der Waals surface area contributed by atoms with E-state index in [2.05, 4.69) is 146 Å². The van der Waals surface area contributed by atoms with Crippen molar-refractivity contribution >= 4 is 53.3 Å². The van der Waals surface area contributed by atoms with Gasteiger partial charge in [0.1, 0.15) is 11.5 Å². The molecule has 58 heavy (non-hydrogen) atoms. The minimum absolute atomic E-state index is 0.0468. The van der Waals surface area contributed by atoms with E-state index in [1.54, 1.807) is 12.1 Å². The molecule has 0 bridgehead atoms. The van der Waals surface area contributed by atoms with E-state index in [1.165, 1.54) is 45.5 Å². The van der Waals surface area contributed by atoms with Crippen molar-refractivity contribution in [3.05, 3.63) is 151 Å². The van der Waals surface area contributed by atoms with E-state index in [-0.39, 0.29) is 32.9 Å². The molecule has 0 aromatic heterocycles. The number of halogens is 1. The number of aryl methyl sites for hydroxylation is 1. The van der Waals surface area contributed by atoms with E-state index in [9.17, 15) is 17.1 Å². The summed E-state index contributed by atoms with van der Waals surface area (Å²) < 4.78 is 38.9. The van der Waals surface area contributed by atoms with E-state index in [0.29, 0.717) is 35.9 Å². The van der Waals surface area contributed by atoms with Gasteiger partial charge in [0.15, 0.2) is 0 Å². The predicted octanol–water partition coefficient (Wildman–Crippen LogP) is 11.0. The Hall–Kier alpha value is -3.69. The fourth-order valence-electron chi connectivity index (χ4n) is 10.4. The van der Waals surface area contributed by atoms with Gasteiger partial charge in [0.25, 0.3) is 0 Å². The van der Waals surface area contributed by atoms with Gasteiger partial charge < -0.3 is 4.18 Å². The quantitative estimate of drug-likeness (QED) is 0.0876. The molecule has 0 unspecified atom stereocenters. The van der Waals surface area contributed by atoms with Crippen molar-refractivity contribution in [2.75, 3.05) is 12.3 Å². The molecule has 3 aliphatic carbocycles. The van der Waals surface area contributed by atoms with E-state index in [4.69, 9.17) is 0 Å². The second-order valence-corrected chi connectivity index (χ2v) is 22.6. The number of ketones is 1. The number of carbonyl (C=O) groups is 1. The third-order valence-corrected chi connectivity index (χ3v) is 18.5. The van der Waals surface area contributed by atoms with Gasteiger partial charge in [-0.05, 0) is 147 Å². The Bertz CT molecular complexity index is 2040. The zero-order valence-electron chi connectivity index (χ0n) is 34.1. The van der Waals surface area contributed by atoms with Crippen LogP contribution in [0, 0.1) is 29.1 Å². The molecule has 3 aliphatic rings. The summed E-state index contributed by atoms with van der Waals surface area (Å²) >= 11 is 0. The number of carbonyl (C=O) groups excluding carboxylic acids is 1. The molecule has 0 aliphatic heterocycles. The molecule has 0 heterocycles. The summed E-state index contributed by atoms with van der Waals surface area (Å²) in [6.07, 6.45) is 10.5. The first-order chi connectivity index (χ1) is 28.0. The van der Waals surface area contributed by atoms with Crippen molar-refractivity contribution in [3.63, 3.8) is 0 Å². The smallest absolute Gasteiger partial charge is 0.358 e. The maximum Gasteiger partial charge on any atom is 0.488 e. The van der Waals surface area contributed by atoms with Gasteiger partial charge in [0.2, 0.25) is 0 Å². The Morgan fingerprint density at radius 3 is 1.69 bits per heavy atom. The zero-order chi connectivity index (χ0) is 40.7. The highest BCUT2D eigenvalue weighted by atomic mass is 32.3. The van der Waals surface area contributed by atoms with Crippen molar-refractivity contribution in [2.45, 2.75) is 78.1 Å². The molecule has 2 fully saturated rings. The number of benzene rings is 5. The topological polar surface area (TPSA) is 60.4 Å². The second kappa shape index (κ2) is 19.1. The van der Waals surface area contributed by atoms with Gasteiger partial charge in [0, 0.05) is 12.3 Å². The number of fused-ring (bicyclic) bond motifs is 5. The van der Waals surface area contributed by atoms with Crippen LogP contribution in [0.15, 0.2) is 140 Å². The molecule has 5 atom stereocenters. The highest BCUT2D eigenvalue weighted by Gasteiger charge is 2.56. The molecule has 0 saturated heterocycles. The molecule has 4 nitrogen and oxygen atoms in total. The van der Waals surface area contributed by atoms with Crippen molar-refractivity contribution in [3.8, 4) is 5.75 Å². The number of hydrogen-bond acceptors (Lipinski definition) is 4. The average Bonchev–Trinajstić information content (AvgIpc) is 3.59. The lowest BCUT2D eigenvalue weighted by molar-refractivity contribution is -0.128. The first-order valence-corrected chi connectivity index (χ1v) is 25.4. The van der Waals surface area contributed by atoms with Crippen LogP contribution in [0.5, 0.6) is 5.75 Å². The lowest BCUT2D eigenvalue weighted by atomic mass is 9.53. The Kier molecular flexibility index (Phi) is 14.0. The van der Waals surface area contributed by atoms with Gasteiger partial charge >= 0.3 is 10.5 Å². The molecule has 304 valence electrons. The van der Waals surface area contributed by atoms with Crippen LogP contribution in [0.3, 0.4) is 0 Å². The van der Waals surface area contributed by atoms with E-state index in [1.807, 2.05) is 6.07 Å². The monoisotopic (exact) mass is 834 g/mol. The molecule has 0 amide bonds. The first-order valence-electron chi connectivity index (χ1n) is 21.0. The van der Waals surface area contributed by atoms with Crippen LogP contribution in [0.4, 0.5) is 3.89 Å². The molecule has 8 rings (SSSR count). The third-order valence-electron chi connectivity index (χ3n) is 12.9. The summed E-state index contributed by atoms with van der Waals surface area (Å²) in [5, 5.41) is 5.94. The molecular weight excluding hydrogens is 778 g/mol. The molecule has 5 aromatic rings. The normalized spacial score (nSPS) is 22.4. The van der Waals surface area contributed by atoms with Crippen LogP contribution in [-0.2, 0) is 21.7 Å². The minimum atomic E-state index is -5.00. The van der Waals surface area contributed by atoms with E-state index < -0.39 is 10.5 Å². The summed E-state index contributed by atoms with van der Waals surface area (Å²) in [5.74, 6) is 2.68. The summed E-state index contributed by atoms with van der Waals surface area (Å²) in [4.78, 5) is 12.9. The number of hydrogen-bond donors (Lipinski definition) is 0. The van der Waals surface area contributed by atoms with E-state index >= 15 is 0 Å². The van der Waals surface area contributed by atoms with Gasteiger partial charge in [-0.2, -0.15) is 8.42 Å². The van der Waals surface area contributed by atoms with Crippen LogP contribution in [0.25, 0.3) is 0 Å². The van der Waals surface area contributed by atoms with Crippen LogP contribution < -0.4 is 25.4 Å². The minimum Gasteiger partial charge on any atom is -0.358 e. The fraction of sp³-hybridized carbons (Fsp3) is 0.380. The van der Waals surface area contributed by atoms with Gasteiger partial charge in [-0.3, -0.25) is 4.79 Å². The largest absolute Gasteiger partial charge is 0.488 e. The van der Waals surface area contributed by atoms with Crippen molar-refractivity contribution in [1.82, 2.24) is 0 Å². The van der Waals surface area contributed by atoms with Gasteiger partial charge in [-0.1, -0.05) is 152 Å². The Morgan fingerprint density at radius 2 is 1.22 bits per heavy atom. The molecule has 0 radical (unpaired) electrons. The van der Waals surface area contributed by atoms with Crippen LogP contribution >= 0.6 is 15.8 Å². The van der Waals surface area contributed by atoms with Gasteiger partial charge in [0.05, 0.1) is 0 Å². The SMILES string of the molecule is CC(C)CC(=O)[C@H]1CC[C@H]2[C@@H]3CCc4cc(OS(=O)(=O)F)ccc4[C@H]3CC[C@]12C.c1ccc(P(CCCP(c2ccccc2)c2ccccc2)c2ccccc2)cc1. The van der Waals surface area contributed by atoms with Crippen molar-refractivity contribution in [2.24, 2.45) is 29.1 Å². The van der Waals surface area contributed by atoms with Crippen LogP contribution in [-0.4, -0.2) is 26.5 Å². The molecule has 5 aromatic carbocycles. The average molecular weight is 835 g/mol. The lowest BCUT2D eigenvalue weighted by Crippen LogP contribution is -2.44. The van der Waals surface area contributed by atoms with Crippen LogP contribution in [0.1, 0.15) is 82.8 Å². The van der Waals surface area contributed by atoms with Crippen LogP contribution in [0.2, 0.25) is 0 Å². The van der Waals surface area contributed by atoms with Crippen molar-refractivity contribution in [1.29, 1.82) is 0 Å². The summed E-state index contributed by atoms with van der Waals surface area (Å²) in [7, 11) is -5.62. The maximum atomic E-state index is 12.9. The standard InChI is InChI=1S/C27H26P2.C23H31FO4S/c1-5-14-24(15-6-1)28(25-16-7-2-8-17-25)22-13-23-29(26-18-9-3-10-19-26)27-20-11-4-12-21-27;1-14(2)12-22(25)21-9-8-20-19-6-4-15-13-16(28-29(24,26)27)5-7-17(15)18(19)10-11-23(20,21)3/h1-12,14-21H,13,22-23H2;5,7,13-14,18-21H,4,6,8-12H2,1-3H3/t;18-,19-,20+,21-,23+/m.1/s1. The number of Topliss-reactive ketones (excluding diaryl/α,β-unsaturated/α-hetero) is 1. The Morgan fingerprint density at radius 1 is 0.724 bits per heavy atom. The summed E-state index contributed by atoms with van der Waals surface area (Å²) in [6.45, 7) is 6.59. The fourth-order valence-corrected chi connectivity index (χ4v) is 15.7.